The van der Waals surface area contributed by atoms with E-state index in [2.05, 4.69) is 11.9 Å². The van der Waals surface area contributed by atoms with Gasteiger partial charge in [0.25, 0.3) is 0 Å². The summed E-state index contributed by atoms with van der Waals surface area (Å²) in [6.45, 7) is 5.41. The van der Waals surface area contributed by atoms with Crippen LogP contribution in [0.1, 0.15) is 41.3 Å². The molecule has 0 atom stereocenters. The summed E-state index contributed by atoms with van der Waals surface area (Å²) in [5.41, 5.74) is 7.27. The highest BCUT2D eigenvalue weighted by atomic mass is 32.1. The van der Waals surface area contributed by atoms with Crippen LogP contribution < -0.4 is 5.73 Å². The van der Waals surface area contributed by atoms with Crippen molar-refractivity contribution in [1.82, 2.24) is 4.98 Å². The molecule has 1 aromatic rings. The summed E-state index contributed by atoms with van der Waals surface area (Å²) in [6, 6.07) is 0. The molecule has 1 saturated carbocycles. The summed E-state index contributed by atoms with van der Waals surface area (Å²) in [5, 5.41) is 1.07. The molecule has 0 unspecified atom stereocenters. The maximum atomic E-state index is 6.22. The molecule has 16 heavy (non-hydrogen) atoms. The van der Waals surface area contributed by atoms with Crippen LogP contribution in [-0.2, 0) is 11.3 Å². The Balaban J connectivity index is 1.79. The molecule has 1 aliphatic carbocycles. The number of nitrogens with zero attached hydrogens (tertiary/aromatic N) is 1. The van der Waals surface area contributed by atoms with Gasteiger partial charge < -0.3 is 10.5 Å². The van der Waals surface area contributed by atoms with Crippen LogP contribution in [0.4, 0.5) is 0 Å². The minimum absolute atomic E-state index is 0.0681. The van der Waals surface area contributed by atoms with Crippen LogP contribution in [0, 0.1) is 13.8 Å². The van der Waals surface area contributed by atoms with Gasteiger partial charge in [-0.3, -0.25) is 0 Å². The van der Waals surface area contributed by atoms with Gasteiger partial charge in [0.1, 0.15) is 5.01 Å². The second kappa shape index (κ2) is 4.82. The van der Waals surface area contributed by atoms with Gasteiger partial charge in [-0.2, -0.15) is 0 Å². The number of aromatic nitrogens is 1. The lowest BCUT2D eigenvalue weighted by atomic mass is 10.0. The Bertz CT molecular complexity index is 336. The van der Waals surface area contributed by atoms with Crippen molar-refractivity contribution in [3.8, 4) is 0 Å². The van der Waals surface area contributed by atoms with Gasteiger partial charge in [-0.15, -0.1) is 11.3 Å². The Kier molecular flexibility index (Phi) is 3.62. The molecule has 0 saturated heterocycles. The van der Waals surface area contributed by atoms with Crippen LogP contribution in [0.5, 0.6) is 0 Å². The number of rotatable bonds is 4. The standard InChI is InChI=1S/C12H20N2OS/c1-9-10(2)16-11(14-9)7-15-8-12(13)5-3-4-6-12/h3-8,13H2,1-2H3. The van der Waals surface area contributed by atoms with Crippen molar-refractivity contribution in [2.24, 2.45) is 5.73 Å². The van der Waals surface area contributed by atoms with Crippen LogP contribution in [0.3, 0.4) is 0 Å². The third-order valence-electron chi connectivity index (χ3n) is 3.29. The normalized spacial score (nSPS) is 19.2. The second-order valence-electron chi connectivity index (χ2n) is 4.81. The molecule has 1 aliphatic rings. The fourth-order valence-electron chi connectivity index (χ4n) is 2.17. The zero-order valence-corrected chi connectivity index (χ0v) is 10.9. The smallest absolute Gasteiger partial charge is 0.119 e. The summed E-state index contributed by atoms with van der Waals surface area (Å²) in [4.78, 5) is 5.73. The topological polar surface area (TPSA) is 48.1 Å². The number of thiazole rings is 1. The molecule has 1 fully saturated rings. The van der Waals surface area contributed by atoms with Gasteiger partial charge >= 0.3 is 0 Å². The maximum absolute atomic E-state index is 6.22. The zero-order valence-electron chi connectivity index (χ0n) is 10.1. The fraction of sp³-hybridized carbons (Fsp3) is 0.750. The number of hydrogen-bond donors (Lipinski definition) is 1. The molecule has 4 heteroatoms. The molecular weight excluding hydrogens is 220 g/mol. The van der Waals surface area contributed by atoms with E-state index in [4.69, 9.17) is 10.5 Å². The minimum Gasteiger partial charge on any atom is -0.372 e. The van der Waals surface area contributed by atoms with Crippen molar-refractivity contribution in [2.45, 2.75) is 51.7 Å². The van der Waals surface area contributed by atoms with Gasteiger partial charge in [0.2, 0.25) is 0 Å². The lowest BCUT2D eigenvalue weighted by Crippen LogP contribution is -2.41. The molecule has 1 heterocycles. The van der Waals surface area contributed by atoms with Crippen LogP contribution in [0.25, 0.3) is 0 Å². The van der Waals surface area contributed by atoms with Crippen LogP contribution >= 0.6 is 11.3 Å². The second-order valence-corrected chi connectivity index (χ2v) is 6.10. The van der Waals surface area contributed by atoms with E-state index in [0.717, 1.165) is 23.5 Å². The summed E-state index contributed by atoms with van der Waals surface area (Å²) >= 11 is 1.72. The molecular formula is C12H20N2OS. The molecule has 90 valence electrons. The summed E-state index contributed by atoms with van der Waals surface area (Å²) < 4.78 is 5.70. The molecule has 0 amide bonds. The van der Waals surface area contributed by atoms with Crippen molar-refractivity contribution < 1.29 is 4.74 Å². The van der Waals surface area contributed by atoms with Crippen molar-refractivity contribution in [3.05, 3.63) is 15.6 Å². The minimum atomic E-state index is -0.0681. The molecule has 0 spiro atoms. The highest BCUT2D eigenvalue weighted by Crippen LogP contribution is 2.27. The first-order valence-electron chi connectivity index (χ1n) is 5.89. The van der Waals surface area contributed by atoms with E-state index in [1.165, 1.54) is 17.7 Å². The highest BCUT2D eigenvalue weighted by Gasteiger charge is 2.29. The van der Waals surface area contributed by atoms with Gasteiger partial charge in [0.05, 0.1) is 18.9 Å². The van der Waals surface area contributed by atoms with E-state index in [1.807, 2.05) is 6.92 Å². The van der Waals surface area contributed by atoms with Crippen LogP contribution in [0.2, 0.25) is 0 Å². The van der Waals surface area contributed by atoms with Crippen molar-refractivity contribution in [1.29, 1.82) is 0 Å². The number of aryl methyl sites for hydroxylation is 2. The average Bonchev–Trinajstić information content (AvgIpc) is 2.76. The number of ether oxygens (including phenoxy) is 1. The monoisotopic (exact) mass is 240 g/mol. The fourth-order valence-corrected chi connectivity index (χ4v) is 3.04. The summed E-state index contributed by atoms with van der Waals surface area (Å²) in [6.07, 6.45) is 4.69. The highest BCUT2D eigenvalue weighted by molar-refractivity contribution is 7.11. The predicted octanol–water partition coefficient (Wildman–Crippen LogP) is 2.55. The Hall–Kier alpha value is -0.450. The lowest BCUT2D eigenvalue weighted by Gasteiger charge is -2.22. The Morgan fingerprint density at radius 1 is 1.38 bits per heavy atom. The molecule has 0 bridgehead atoms. The first kappa shape index (κ1) is 12.0. The average molecular weight is 240 g/mol. The molecule has 1 aromatic heterocycles. The van der Waals surface area contributed by atoms with E-state index in [1.54, 1.807) is 11.3 Å². The number of nitrogens with two attached hydrogens (primary N) is 1. The Labute approximate surface area is 101 Å². The first-order valence-corrected chi connectivity index (χ1v) is 6.70. The lowest BCUT2D eigenvalue weighted by molar-refractivity contribution is 0.0749. The maximum Gasteiger partial charge on any atom is 0.119 e. The van der Waals surface area contributed by atoms with Gasteiger partial charge in [0, 0.05) is 10.4 Å². The van der Waals surface area contributed by atoms with Crippen LogP contribution in [0.15, 0.2) is 0 Å². The van der Waals surface area contributed by atoms with E-state index in [0.29, 0.717) is 13.2 Å². The molecule has 2 rings (SSSR count). The third-order valence-corrected chi connectivity index (χ3v) is 4.33. The SMILES string of the molecule is Cc1nc(COCC2(N)CCCC2)sc1C. The molecule has 0 aliphatic heterocycles. The van der Waals surface area contributed by atoms with E-state index in [-0.39, 0.29) is 5.54 Å². The van der Waals surface area contributed by atoms with Crippen molar-refractivity contribution in [2.75, 3.05) is 6.61 Å². The van der Waals surface area contributed by atoms with Gasteiger partial charge in [-0.05, 0) is 26.7 Å². The molecule has 2 N–H and O–H groups in total. The first-order chi connectivity index (χ1) is 7.59. The molecule has 3 nitrogen and oxygen atoms in total. The number of hydrogen-bond acceptors (Lipinski definition) is 4. The van der Waals surface area contributed by atoms with E-state index in [9.17, 15) is 0 Å². The Morgan fingerprint density at radius 3 is 2.62 bits per heavy atom. The van der Waals surface area contributed by atoms with Crippen molar-refractivity contribution in [3.63, 3.8) is 0 Å². The van der Waals surface area contributed by atoms with Crippen LogP contribution in [-0.4, -0.2) is 17.1 Å². The van der Waals surface area contributed by atoms with Gasteiger partial charge in [0.15, 0.2) is 0 Å². The zero-order chi connectivity index (χ0) is 11.6. The van der Waals surface area contributed by atoms with Gasteiger partial charge in [-0.1, -0.05) is 12.8 Å². The largest absolute Gasteiger partial charge is 0.372 e. The van der Waals surface area contributed by atoms with Gasteiger partial charge in [-0.25, -0.2) is 4.98 Å². The van der Waals surface area contributed by atoms with Crippen molar-refractivity contribution >= 4 is 11.3 Å². The third kappa shape index (κ3) is 2.81. The summed E-state index contributed by atoms with van der Waals surface area (Å²) in [7, 11) is 0. The Morgan fingerprint density at radius 2 is 2.06 bits per heavy atom. The summed E-state index contributed by atoms with van der Waals surface area (Å²) in [5.74, 6) is 0. The van der Waals surface area contributed by atoms with E-state index >= 15 is 0 Å². The molecule has 0 radical (unpaired) electrons. The predicted molar refractivity (Wildman–Crippen MR) is 66.6 cm³/mol. The quantitative estimate of drug-likeness (QED) is 0.880. The van der Waals surface area contributed by atoms with E-state index < -0.39 is 0 Å². The molecule has 0 aromatic carbocycles.